The Kier molecular flexibility index (Phi) is 6.52. The second-order valence-electron chi connectivity index (χ2n) is 8.41. The van der Waals surface area contributed by atoms with E-state index in [0.717, 1.165) is 10.9 Å². The number of carbonyl (C=O) groups is 1. The van der Waals surface area contributed by atoms with Crippen LogP contribution in [-0.4, -0.2) is 52.0 Å². The standard InChI is InChI=1S/C20H26ClF3N4O2/c1-19(2,17(29)14-9-13(21)10-16-15(14)11-26-27-16)12-3-7-28(8-4-12)18(30)25-6-5-20(22,23)24/h9-12,17,29H,3-8H2,1-2H3,(H,25,30)(H,26,27). The predicted octanol–water partition coefficient (Wildman–Crippen LogP) is 4.65. The Morgan fingerprint density at radius 2 is 2.03 bits per heavy atom. The van der Waals surface area contributed by atoms with Gasteiger partial charge >= 0.3 is 12.2 Å². The van der Waals surface area contributed by atoms with Gasteiger partial charge in [0.25, 0.3) is 0 Å². The van der Waals surface area contributed by atoms with Crippen molar-refractivity contribution in [2.75, 3.05) is 19.6 Å². The number of piperidine rings is 1. The van der Waals surface area contributed by atoms with Gasteiger partial charge in [-0.1, -0.05) is 25.4 Å². The van der Waals surface area contributed by atoms with Gasteiger partial charge in [-0.05, 0) is 41.9 Å². The number of rotatable bonds is 5. The second kappa shape index (κ2) is 8.63. The van der Waals surface area contributed by atoms with E-state index in [4.69, 9.17) is 11.6 Å². The van der Waals surface area contributed by atoms with Crippen LogP contribution in [0.15, 0.2) is 18.3 Å². The molecule has 1 fully saturated rings. The zero-order valence-corrected chi connectivity index (χ0v) is 17.6. The fourth-order valence-electron chi connectivity index (χ4n) is 4.14. The number of amides is 2. The van der Waals surface area contributed by atoms with E-state index < -0.39 is 36.7 Å². The van der Waals surface area contributed by atoms with Gasteiger partial charge in [0.2, 0.25) is 0 Å². The smallest absolute Gasteiger partial charge is 0.388 e. The molecule has 166 valence electrons. The molecule has 1 atom stereocenters. The molecule has 3 N–H and O–H groups in total. The number of carbonyl (C=O) groups excluding carboxylic acids is 1. The summed E-state index contributed by atoms with van der Waals surface area (Å²) in [6.07, 6.45) is -3.18. The highest BCUT2D eigenvalue weighted by molar-refractivity contribution is 6.31. The quantitative estimate of drug-likeness (QED) is 0.625. The molecular formula is C20H26ClF3N4O2. The van der Waals surface area contributed by atoms with E-state index in [1.165, 1.54) is 4.90 Å². The zero-order valence-electron chi connectivity index (χ0n) is 16.9. The number of H-pyrrole nitrogens is 1. The van der Waals surface area contributed by atoms with Crippen molar-refractivity contribution in [1.29, 1.82) is 0 Å². The third kappa shape index (κ3) is 5.00. The van der Waals surface area contributed by atoms with Gasteiger partial charge in [-0.15, -0.1) is 0 Å². The molecule has 0 bridgehead atoms. The second-order valence-corrected chi connectivity index (χ2v) is 8.85. The van der Waals surface area contributed by atoms with E-state index in [-0.39, 0.29) is 5.92 Å². The van der Waals surface area contributed by atoms with Crippen molar-refractivity contribution >= 4 is 28.5 Å². The fraction of sp³-hybridized carbons (Fsp3) is 0.600. The highest BCUT2D eigenvalue weighted by Gasteiger charge is 2.40. The topological polar surface area (TPSA) is 81.3 Å². The third-order valence-corrected chi connectivity index (χ3v) is 6.29. The maximum Gasteiger partial charge on any atom is 0.390 e. The molecule has 10 heteroatoms. The van der Waals surface area contributed by atoms with Crippen LogP contribution in [0.25, 0.3) is 10.9 Å². The van der Waals surface area contributed by atoms with Gasteiger partial charge in [-0.3, -0.25) is 5.10 Å². The minimum atomic E-state index is -4.29. The van der Waals surface area contributed by atoms with E-state index in [0.29, 0.717) is 36.5 Å². The zero-order chi connectivity index (χ0) is 22.1. The highest BCUT2D eigenvalue weighted by Crippen LogP contribution is 2.46. The Labute approximate surface area is 177 Å². The number of alkyl halides is 3. The Hall–Kier alpha value is -2.00. The number of urea groups is 1. The third-order valence-electron chi connectivity index (χ3n) is 6.07. The lowest BCUT2D eigenvalue weighted by Crippen LogP contribution is -2.47. The molecule has 1 aromatic carbocycles. The first-order chi connectivity index (χ1) is 14.0. The van der Waals surface area contributed by atoms with Crippen LogP contribution in [0.5, 0.6) is 0 Å². The summed E-state index contributed by atoms with van der Waals surface area (Å²) in [6.45, 7) is 4.38. The van der Waals surface area contributed by atoms with E-state index in [1.54, 1.807) is 18.3 Å². The summed E-state index contributed by atoms with van der Waals surface area (Å²) in [7, 11) is 0. The maximum absolute atomic E-state index is 12.2. The molecule has 2 aromatic rings. The molecule has 0 radical (unpaired) electrons. The molecule has 30 heavy (non-hydrogen) atoms. The number of aliphatic hydroxyl groups excluding tert-OH is 1. The summed E-state index contributed by atoms with van der Waals surface area (Å²) >= 11 is 6.20. The molecule has 0 aliphatic carbocycles. The molecule has 3 rings (SSSR count). The van der Waals surface area contributed by atoms with E-state index >= 15 is 0 Å². The van der Waals surface area contributed by atoms with Crippen LogP contribution >= 0.6 is 11.6 Å². The number of hydrogen-bond acceptors (Lipinski definition) is 3. The molecule has 1 saturated heterocycles. The number of nitrogens with zero attached hydrogens (tertiary/aromatic N) is 2. The number of aromatic nitrogens is 2. The first-order valence-electron chi connectivity index (χ1n) is 9.89. The van der Waals surface area contributed by atoms with Crippen molar-refractivity contribution in [3.63, 3.8) is 0 Å². The number of likely N-dealkylation sites (tertiary alicyclic amines) is 1. The summed E-state index contributed by atoms with van der Waals surface area (Å²) in [4.78, 5) is 13.7. The average Bonchev–Trinajstić information content (AvgIpc) is 3.14. The van der Waals surface area contributed by atoms with E-state index in [9.17, 15) is 23.1 Å². The molecule has 0 spiro atoms. The summed E-state index contributed by atoms with van der Waals surface area (Å²) in [5, 5.41) is 21.7. The fourth-order valence-corrected chi connectivity index (χ4v) is 4.37. The number of aromatic amines is 1. The minimum Gasteiger partial charge on any atom is -0.388 e. The molecule has 2 amide bonds. The Morgan fingerprint density at radius 3 is 2.67 bits per heavy atom. The monoisotopic (exact) mass is 446 g/mol. The van der Waals surface area contributed by atoms with Crippen molar-refractivity contribution < 1.29 is 23.1 Å². The number of hydrogen-bond donors (Lipinski definition) is 3. The normalized spacial score (nSPS) is 17.4. The number of nitrogens with one attached hydrogen (secondary N) is 2. The summed E-state index contributed by atoms with van der Waals surface area (Å²) < 4.78 is 36.7. The lowest BCUT2D eigenvalue weighted by Gasteiger charge is -2.43. The van der Waals surface area contributed by atoms with Crippen LogP contribution in [0.3, 0.4) is 0 Å². The van der Waals surface area contributed by atoms with E-state index in [1.807, 2.05) is 13.8 Å². The highest BCUT2D eigenvalue weighted by atomic mass is 35.5. The van der Waals surface area contributed by atoms with Crippen molar-refractivity contribution in [3.8, 4) is 0 Å². The van der Waals surface area contributed by atoms with Crippen molar-refractivity contribution in [1.82, 2.24) is 20.4 Å². The van der Waals surface area contributed by atoms with Crippen LogP contribution in [0.4, 0.5) is 18.0 Å². The molecule has 1 aliphatic rings. The largest absolute Gasteiger partial charge is 0.390 e. The number of benzene rings is 1. The number of halogens is 4. The lowest BCUT2D eigenvalue weighted by molar-refractivity contribution is -0.133. The van der Waals surface area contributed by atoms with Crippen LogP contribution in [0.2, 0.25) is 5.02 Å². The average molecular weight is 447 g/mol. The van der Waals surface area contributed by atoms with Crippen LogP contribution in [-0.2, 0) is 0 Å². The van der Waals surface area contributed by atoms with Gasteiger partial charge in [0.1, 0.15) is 0 Å². The van der Waals surface area contributed by atoms with Gasteiger partial charge in [-0.2, -0.15) is 18.3 Å². The van der Waals surface area contributed by atoms with E-state index in [2.05, 4.69) is 15.5 Å². The predicted molar refractivity (Wildman–Crippen MR) is 108 cm³/mol. The SMILES string of the molecule is CC(C)(C1CCN(C(=O)NCCC(F)(F)F)CC1)C(O)c1cc(Cl)cc2[nH]ncc12. The molecule has 0 saturated carbocycles. The molecule has 1 aliphatic heterocycles. The Bertz CT molecular complexity index is 892. The molecule has 6 nitrogen and oxygen atoms in total. The van der Waals surface area contributed by atoms with Gasteiger partial charge < -0.3 is 15.3 Å². The Morgan fingerprint density at radius 1 is 1.37 bits per heavy atom. The number of aliphatic hydroxyl groups is 1. The molecule has 1 unspecified atom stereocenters. The molecular weight excluding hydrogens is 421 g/mol. The summed E-state index contributed by atoms with van der Waals surface area (Å²) in [5.41, 5.74) is 0.939. The first-order valence-corrected chi connectivity index (χ1v) is 10.3. The van der Waals surface area contributed by atoms with Gasteiger partial charge in [0.05, 0.1) is 24.2 Å². The van der Waals surface area contributed by atoms with Gasteiger partial charge in [0, 0.05) is 30.0 Å². The van der Waals surface area contributed by atoms with Crippen LogP contribution in [0, 0.1) is 11.3 Å². The van der Waals surface area contributed by atoms with Crippen molar-refractivity contribution in [2.45, 2.75) is 45.4 Å². The maximum atomic E-state index is 12.2. The molecule has 2 heterocycles. The van der Waals surface area contributed by atoms with Gasteiger partial charge in [0.15, 0.2) is 0 Å². The lowest BCUT2D eigenvalue weighted by atomic mass is 9.68. The summed E-state index contributed by atoms with van der Waals surface area (Å²) in [6, 6.07) is 3.02. The summed E-state index contributed by atoms with van der Waals surface area (Å²) in [5.74, 6) is 0.118. The Balaban J connectivity index is 1.62. The number of fused-ring (bicyclic) bond motifs is 1. The first kappa shape index (κ1) is 22.7. The van der Waals surface area contributed by atoms with Crippen LogP contribution in [0.1, 0.15) is 44.8 Å². The van der Waals surface area contributed by atoms with Crippen LogP contribution < -0.4 is 5.32 Å². The van der Waals surface area contributed by atoms with Crippen molar-refractivity contribution in [3.05, 3.63) is 28.9 Å². The minimum absolute atomic E-state index is 0.118. The van der Waals surface area contributed by atoms with Crippen molar-refractivity contribution in [2.24, 2.45) is 11.3 Å². The van der Waals surface area contributed by atoms with Gasteiger partial charge in [-0.25, -0.2) is 4.79 Å². The molecule has 1 aromatic heterocycles.